The molecule has 2 aliphatic heterocycles. The van der Waals surface area contributed by atoms with E-state index in [-0.39, 0.29) is 27.1 Å². The molecule has 2 fully saturated rings. The second-order valence-corrected chi connectivity index (χ2v) is 19.3. The minimum atomic E-state index is -1.55. The maximum atomic E-state index is 6.62. The third-order valence-electron chi connectivity index (χ3n) is 8.29. The van der Waals surface area contributed by atoms with Crippen LogP contribution >= 0.6 is 17.2 Å². The second-order valence-electron chi connectivity index (χ2n) is 17.0. The Kier molecular flexibility index (Phi) is 9.98. The fourth-order valence-electron chi connectivity index (χ4n) is 5.66. The van der Waals surface area contributed by atoms with Gasteiger partial charge in [-0.15, -0.1) is 0 Å². The number of allylic oxidation sites excluding steroid dienone is 3. The van der Waals surface area contributed by atoms with Crippen LogP contribution in [-0.2, 0) is 33.4 Å². The van der Waals surface area contributed by atoms with E-state index in [1.807, 2.05) is 0 Å². The second kappa shape index (κ2) is 12.3. The maximum Gasteiger partial charge on any atom is 0.397 e. The van der Waals surface area contributed by atoms with Gasteiger partial charge in [0.25, 0.3) is 0 Å². The van der Waals surface area contributed by atoms with Crippen molar-refractivity contribution in [2.75, 3.05) is 26.4 Å². The average molecular weight is 635 g/mol. The quantitative estimate of drug-likeness (QED) is 0.307. The fraction of sp³-hybridized carbons (Fsp3) is 0.714. The van der Waals surface area contributed by atoms with Gasteiger partial charge in [0.2, 0.25) is 0 Å². The molecule has 0 N–H and O–H groups in total. The molecule has 3 aliphatic rings. The molecule has 1 unspecified atom stereocenters. The predicted octanol–water partition coefficient (Wildman–Crippen LogP) is 10.8. The monoisotopic (exact) mass is 634 g/mol. The largest absolute Gasteiger partial charge is 0.426 e. The van der Waals surface area contributed by atoms with E-state index in [0.717, 1.165) is 17.9 Å². The summed E-state index contributed by atoms with van der Waals surface area (Å²) in [6, 6.07) is 4.45. The topological polar surface area (TPSA) is 55.4 Å². The van der Waals surface area contributed by atoms with E-state index in [9.17, 15) is 0 Å². The Morgan fingerprint density at radius 1 is 0.674 bits per heavy atom. The molecule has 0 radical (unpaired) electrons. The van der Waals surface area contributed by atoms with Crippen LogP contribution in [0, 0.1) is 29.1 Å². The fourth-order valence-corrected chi connectivity index (χ4v) is 8.24. The van der Waals surface area contributed by atoms with E-state index in [2.05, 4.69) is 115 Å². The van der Waals surface area contributed by atoms with Gasteiger partial charge in [-0.2, -0.15) is 0 Å². The first-order chi connectivity index (χ1) is 19.6. The molecule has 1 aromatic rings. The highest BCUT2D eigenvalue weighted by atomic mass is 31.2. The lowest BCUT2D eigenvalue weighted by atomic mass is 9.72. The first-order valence-electron chi connectivity index (χ1n) is 15.7. The van der Waals surface area contributed by atoms with Crippen molar-refractivity contribution in [3.63, 3.8) is 0 Å². The van der Waals surface area contributed by atoms with Crippen molar-refractivity contribution in [2.24, 2.45) is 22.2 Å². The van der Waals surface area contributed by atoms with E-state index in [4.69, 9.17) is 27.1 Å². The first kappa shape index (κ1) is 34.9. The third-order valence-corrected chi connectivity index (χ3v) is 10.3. The summed E-state index contributed by atoms with van der Waals surface area (Å²) in [4.78, 5) is 0. The van der Waals surface area contributed by atoms with Crippen molar-refractivity contribution in [2.45, 2.75) is 114 Å². The summed E-state index contributed by atoms with van der Waals surface area (Å²) in [5.74, 6) is 2.30. The molecular weight excluding hydrogens is 578 g/mol. The molecule has 43 heavy (non-hydrogen) atoms. The number of rotatable bonds is 4. The van der Waals surface area contributed by atoms with Crippen molar-refractivity contribution in [1.82, 2.24) is 0 Å². The SMILES string of the molecule is Cc1cc(C(C)(C)C)c(OP2OCC3(COP(OC4=C(C(C)(C)C)CC(C)C=C4C(C)(C)C)OC3)CO2)c(C(C)(C)C)c1. The minimum Gasteiger partial charge on any atom is -0.426 e. The number of hydrogen-bond donors (Lipinski definition) is 0. The van der Waals surface area contributed by atoms with E-state index >= 15 is 0 Å². The van der Waals surface area contributed by atoms with Crippen LogP contribution in [0.5, 0.6) is 5.75 Å². The molecule has 1 atom stereocenters. The summed E-state index contributed by atoms with van der Waals surface area (Å²) in [6.07, 6.45) is 3.34. The zero-order valence-corrected chi connectivity index (χ0v) is 31.0. The van der Waals surface area contributed by atoms with Crippen molar-refractivity contribution in [3.8, 4) is 5.75 Å². The molecule has 0 amide bonds. The van der Waals surface area contributed by atoms with Crippen LogP contribution in [0.1, 0.15) is 113 Å². The van der Waals surface area contributed by atoms with Crippen LogP contribution in [0.3, 0.4) is 0 Å². The Hall–Kier alpha value is -1.00. The Balaban J connectivity index is 1.45. The Morgan fingerprint density at radius 3 is 1.51 bits per heavy atom. The average Bonchev–Trinajstić information content (AvgIpc) is 2.86. The van der Waals surface area contributed by atoms with Gasteiger partial charge in [-0.1, -0.05) is 114 Å². The molecule has 4 rings (SSSR count). The van der Waals surface area contributed by atoms with Gasteiger partial charge < -0.3 is 27.1 Å². The lowest BCUT2D eigenvalue weighted by Crippen LogP contribution is -2.45. The molecule has 242 valence electrons. The Morgan fingerprint density at radius 2 is 1.12 bits per heavy atom. The van der Waals surface area contributed by atoms with Crippen molar-refractivity contribution < 1.29 is 27.1 Å². The standard InChI is InChI=1S/C35H56O6P2/c1-23-15-25(31(3,4)5)29(26(16-23)32(6,7)8)40-42-36-19-35(20-37-42)21-38-43(39-22-35)41-30-27(33(9,10)11)17-24(2)18-28(30)34(12,13)14/h15-17,24H,18-22H2,1-14H3. The predicted molar refractivity (Wildman–Crippen MR) is 178 cm³/mol. The summed E-state index contributed by atoms with van der Waals surface area (Å²) in [5, 5.41) is 0. The van der Waals surface area contributed by atoms with Gasteiger partial charge in [-0.05, 0) is 52.1 Å². The van der Waals surface area contributed by atoms with Crippen LogP contribution < -0.4 is 4.52 Å². The van der Waals surface area contributed by atoms with E-state index in [1.165, 1.54) is 27.8 Å². The van der Waals surface area contributed by atoms with Crippen LogP contribution in [-0.4, -0.2) is 26.4 Å². The third kappa shape index (κ3) is 8.24. The van der Waals surface area contributed by atoms with Crippen LogP contribution in [0.4, 0.5) is 0 Å². The van der Waals surface area contributed by atoms with Crippen LogP contribution in [0.25, 0.3) is 0 Å². The summed E-state index contributed by atoms with van der Waals surface area (Å²) in [7, 11) is -3.09. The molecule has 0 aromatic heterocycles. The zero-order chi connectivity index (χ0) is 32.2. The summed E-state index contributed by atoms with van der Waals surface area (Å²) in [5.41, 5.74) is 5.51. The number of benzene rings is 1. The van der Waals surface area contributed by atoms with Gasteiger partial charge in [0.15, 0.2) is 0 Å². The van der Waals surface area contributed by atoms with E-state index in [1.54, 1.807) is 0 Å². The highest BCUT2D eigenvalue weighted by Gasteiger charge is 2.46. The maximum absolute atomic E-state index is 6.62. The van der Waals surface area contributed by atoms with Crippen molar-refractivity contribution in [3.05, 3.63) is 51.8 Å². The molecule has 1 aliphatic carbocycles. The molecule has 1 aromatic carbocycles. The van der Waals surface area contributed by atoms with E-state index in [0.29, 0.717) is 32.3 Å². The van der Waals surface area contributed by atoms with Gasteiger partial charge in [0, 0.05) is 11.1 Å². The van der Waals surface area contributed by atoms with Crippen LogP contribution in [0.2, 0.25) is 0 Å². The molecule has 8 heteroatoms. The molecule has 1 spiro atoms. The normalized spacial score (nSPS) is 27.8. The molecule has 2 saturated heterocycles. The van der Waals surface area contributed by atoms with Gasteiger partial charge in [-0.3, -0.25) is 0 Å². The number of hydrogen-bond acceptors (Lipinski definition) is 6. The van der Waals surface area contributed by atoms with E-state index < -0.39 is 17.2 Å². The molecule has 0 bridgehead atoms. The first-order valence-corrected chi connectivity index (χ1v) is 17.9. The summed E-state index contributed by atoms with van der Waals surface area (Å²) < 4.78 is 38.3. The van der Waals surface area contributed by atoms with Gasteiger partial charge in [0.05, 0.1) is 31.8 Å². The Bertz CT molecular complexity index is 1190. The number of aryl methyl sites for hydroxylation is 1. The highest BCUT2D eigenvalue weighted by molar-refractivity contribution is 7.42. The lowest BCUT2D eigenvalue weighted by Gasteiger charge is -2.43. The summed E-state index contributed by atoms with van der Waals surface area (Å²) >= 11 is 0. The van der Waals surface area contributed by atoms with Crippen LogP contribution in [0.15, 0.2) is 35.1 Å². The molecule has 0 saturated carbocycles. The minimum absolute atomic E-state index is 0.0138. The Labute approximate surface area is 264 Å². The summed E-state index contributed by atoms with van der Waals surface area (Å²) in [6.45, 7) is 33.1. The highest BCUT2D eigenvalue weighted by Crippen LogP contribution is 2.57. The van der Waals surface area contributed by atoms with Gasteiger partial charge in [0.1, 0.15) is 11.5 Å². The van der Waals surface area contributed by atoms with Gasteiger partial charge in [-0.25, -0.2) is 0 Å². The molecule has 6 nitrogen and oxygen atoms in total. The van der Waals surface area contributed by atoms with Crippen molar-refractivity contribution >= 4 is 17.2 Å². The molecule has 2 heterocycles. The molecular formula is C35H56O6P2. The zero-order valence-electron chi connectivity index (χ0n) is 29.2. The van der Waals surface area contributed by atoms with Crippen molar-refractivity contribution in [1.29, 1.82) is 0 Å². The lowest BCUT2D eigenvalue weighted by molar-refractivity contribution is -0.0698. The smallest absolute Gasteiger partial charge is 0.397 e. The van der Waals surface area contributed by atoms with Gasteiger partial charge >= 0.3 is 17.2 Å².